The molecule has 0 spiro atoms. The summed E-state index contributed by atoms with van der Waals surface area (Å²) in [6, 6.07) is 14.6. The summed E-state index contributed by atoms with van der Waals surface area (Å²) in [6.07, 6.45) is 1.65. The molecule has 0 saturated carbocycles. The third-order valence-corrected chi connectivity index (χ3v) is 6.30. The zero-order valence-electron chi connectivity index (χ0n) is 17.3. The number of anilines is 2. The highest BCUT2D eigenvalue weighted by Gasteiger charge is 2.40. The van der Waals surface area contributed by atoms with Crippen molar-refractivity contribution < 1.29 is 9.18 Å². The van der Waals surface area contributed by atoms with Crippen molar-refractivity contribution in [3.63, 3.8) is 0 Å². The Kier molecular flexibility index (Phi) is 5.59. The number of hydrogen-bond donors (Lipinski definition) is 1. The Morgan fingerprint density at radius 1 is 1.19 bits per heavy atom. The summed E-state index contributed by atoms with van der Waals surface area (Å²) in [6.45, 7) is 0. The lowest BCUT2D eigenvalue weighted by Crippen LogP contribution is -2.39. The van der Waals surface area contributed by atoms with E-state index in [0.29, 0.717) is 35.0 Å². The van der Waals surface area contributed by atoms with Crippen molar-refractivity contribution in [1.29, 1.82) is 5.26 Å². The van der Waals surface area contributed by atoms with Gasteiger partial charge in [0.25, 0.3) is 0 Å². The van der Waals surface area contributed by atoms with Crippen LogP contribution >= 0.6 is 15.9 Å². The molecule has 4 rings (SSSR count). The zero-order chi connectivity index (χ0) is 22.3. The fourth-order valence-corrected chi connectivity index (χ4v) is 4.66. The van der Waals surface area contributed by atoms with Crippen molar-refractivity contribution in [3.05, 3.63) is 81.0 Å². The van der Waals surface area contributed by atoms with E-state index in [1.165, 1.54) is 6.07 Å². The highest BCUT2D eigenvalue weighted by molar-refractivity contribution is 9.10. The van der Waals surface area contributed by atoms with Gasteiger partial charge in [-0.25, -0.2) is 4.39 Å². The number of ketones is 1. The van der Waals surface area contributed by atoms with Gasteiger partial charge in [0.05, 0.1) is 23.2 Å². The number of hydrogen-bond acceptors (Lipinski definition) is 5. The topological polar surface area (TPSA) is 73.4 Å². The standard InChI is InChI=1S/C24H22BrFN4O/c1-29(2)16-9-6-14(7-10-16)22-17(13-27)24(28)30(19-11-8-15(25)12-18(19)26)20-4-3-5-21(31)23(20)22/h6-12,22H,3-5,28H2,1-2H3. The largest absolute Gasteiger partial charge is 0.384 e. The van der Waals surface area contributed by atoms with Crippen LogP contribution < -0.4 is 15.5 Å². The maximum Gasteiger partial charge on any atom is 0.161 e. The van der Waals surface area contributed by atoms with E-state index in [-0.39, 0.29) is 22.9 Å². The van der Waals surface area contributed by atoms with Crippen molar-refractivity contribution in [3.8, 4) is 6.07 Å². The molecule has 2 aromatic rings. The van der Waals surface area contributed by atoms with Crippen LogP contribution in [0.5, 0.6) is 0 Å². The molecule has 2 aliphatic rings. The first-order valence-electron chi connectivity index (χ1n) is 10.0. The van der Waals surface area contributed by atoms with E-state index in [2.05, 4.69) is 22.0 Å². The molecule has 0 radical (unpaired) electrons. The Labute approximate surface area is 189 Å². The van der Waals surface area contributed by atoms with E-state index in [9.17, 15) is 14.4 Å². The highest BCUT2D eigenvalue weighted by atomic mass is 79.9. The van der Waals surface area contributed by atoms with Gasteiger partial charge in [0, 0.05) is 41.9 Å². The summed E-state index contributed by atoms with van der Waals surface area (Å²) in [5.41, 5.74) is 10.0. The van der Waals surface area contributed by atoms with Crippen LogP contribution in [0.1, 0.15) is 30.7 Å². The molecule has 1 aliphatic carbocycles. The number of carbonyl (C=O) groups is 1. The SMILES string of the molecule is CN(C)c1ccc(C2C(C#N)=C(N)N(c3ccc(Br)cc3F)C3=C2C(=O)CCC3)cc1. The van der Waals surface area contributed by atoms with Gasteiger partial charge >= 0.3 is 0 Å². The van der Waals surface area contributed by atoms with Gasteiger partial charge in [0.2, 0.25) is 0 Å². The van der Waals surface area contributed by atoms with Gasteiger partial charge in [-0.05, 0) is 48.7 Å². The maximum atomic E-state index is 14.9. The number of Topliss-reactive ketones (excluding diaryl/α,β-unsaturated/α-hetero) is 1. The van der Waals surface area contributed by atoms with Gasteiger partial charge in [0.15, 0.2) is 5.78 Å². The number of nitrogens with zero attached hydrogens (tertiary/aromatic N) is 3. The van der Waals surface area contributed by atoms with Crippen molar-refractivity contribution in [1.82, 2.24) is 0 Å². The predicted octanol–water partition coefficient (Wildman–Crippen LogP) is 4.96. The monoisotopic (exact) mass is 480 g/mol. The third kappa shape index (κ3) is 3.61. The Morgan fingerprint density at radius 2 is 1.90 bits per heavy atom. The molecule has 0 amide bonds. The molecule has 5 nitrogen and oxygen atoms in total. The minimum Gasteiger partial charge on any atom is -0.384 e. The number of benzene rings is 2. The summed E-state index contributed by atoms with van der Waals surface area (Å²) in [4.78, 5) is 16.6. The number of halogens is 2. The van der Waals surface area contributed by atoms with Crippen molar-refractivity contribution in [2.24, 2.45) is 5.73 Å². The summed E-state index contributed by atoms with van der Waals surface area (Å²) in [5, 5.41) is 10.0. The lowest BCUT2D eigenvalue weighted by molar-refractivity contribution is -0.116. The second-order valence-electron chi connectivity index (χ2n) is 7.90. The van der Waals surface area contributed by atoms with Crippen LogP contribution in [0.25, 0.3) is 0 Å². The van der Waals surface area contributed by atoms with E-state index in [1.807, 2.05) is 43.3 Å². The predicted molar refractivity (Wildman–Crippen MR) is 123 cm³/mol. The number of nitriles is 1. The lowest BCUT2D eigenvalue weighted by Gasteiger charge is -2.39. The molecule has 1 aliphatic heterocycles. The van der Waals surface area contributed by atoms with Gasteiger partial charge in [-0.1, -0.05) is 28.1 Å². The second kappa shape index (κ2) is 8.20. The summed E-state index contributed by atoms with van der Waals surface area (Å²) < 4.78 is 15.5. The number of rotatable bonds is 3. The van der Waals surface area contributed by atoms with E-state index in [4.69, 9.17) is 5.73 Å². The normalized spacial score (nSPS) is 18.7. The summed E-state index contributed by atoms with van der Waals surface area (Å²) in [5.74, 6) is -0.892. The van der Waals surface area contributed by atoms with Crippen molar-refractivity contribution in [2.45, 2.75) is 25.2 Å². The first-order valence-corrected chi connectivity index (χ1v) is 10.8. The van der Waals surface area contributed by atoms with E-state index < -0.39 is 11.7 Å². The Balaban J connectivity index is 1.93. The average molecular weight is 481 g/mol. The molecule has 31 heavy (non-hydrogen) atoms. The van der Waals surface area contributed by atoms with Crippen molar-refractivity contribution in [2.75, 3.05) is 23.9 Å². The smallest absolute Gasteiger partial charge is 0.161 e. The van der Waals surface area contributed by atoms with Gasteiger partial charge in [-0.3, -0.25) is 9.69 Å². The summed E-state index contributed by atoms with van der Waals surface area (Å²) in [7, 11) is 3.90. The Bertz CT molecular complexity index is 1160. The molecule has 1 heterocycles. The van der Waals surface area contributed by atoms with Gasteiger partial charge in [0.1, 0.15) is 11.6 Å². The fourth-order valence-electron chi connectivity index (χ4n) is 4.32. The summed E-state index contributed by atoms with van der Waals surface area (Å²) >= 11 is 3.27. The molecule has 0 bridgehead atoms. The van der Waals surface area contributed by atoms with Crippen LogP contribution in [0.4, 0.5) is 15.8 Å². The van der Waals surface area contributed by atoms with E-state index in [0.717, 1.165) is 11.3 Å². The molecule has 0 saturated heterocycles. The molecule has 2 aromatic carbocycles. The van der Waals surface area contributed by atoms with Crippen molar-refractivity contribution >= 4 is 33.1 Å². The van der Waals surface area contributed by atoms with Crippen LogP contribution in [-0.2, 0) is 4.79 Å². The zero-order valence-corrected chi connectivity index (χ0v) is 18.9. The first kappa shape index (κ1) is 21.1. The minimum atomic E-state index is -0.557. The average Bonchev–Trinajstić information content (AvgIpc) is 2.74. The molecule has 1 unspecified atom stereocenters. The van der Waals surface area contributed by atoms with Crippen LogP contribution in [0.15, 0.2) is 69.6 Å². The fraction of sp³-hybridized carbons (Fsp3) is 0.250. The molecule has 2 N–H and O–H groups in total. The lowest BCUT2D eigenvalue weighted by atomic mass is 9.75. The molecule has 1 atom stereocenters. The quantitative estimate of drug-likeness (QED) is 0.671. The van der Waals surface area contributed by atoms with Gasteiger partial charge < -0.3 is 10.6 Å². The first-order chi connectivity index (χ1) is 14.8. The molecule has 158 valence electrons. The Morgan fingerprint density at radius 3 is 2.52 bits per heavy atom. The van der Waals surface area contributed by atoms with Gasteiger partial charge in [-0.2, -0.15) is 5.26 Å². The van der Waals surface area contributed by atoms with Crippen LogP contribution in [0.2, 0.25) is 0 Å². The minimum absolute atomic E-state index is 0.0225. The van der Waals surface area contributed by atoms with Crippen LogP contribution in [0.3, 0.4) is 0 Å². The molecule has 0 aromatic heterocycles. The molecular weight excluding hydrogens is 459 g/mol. The Hall–Kier alpha value is -3.11. The third-order valence-electron chi connectivity index (χ3n) is 5.81. The number of nitrogens with two attached hydrogens (primary N) is 1. The van der Waals surface area contributed by atoms with E-state index in [1.54, 1.807) is 17.0 Å². The van der Waals surface area contributed by atoms with Gasteiger partial charge in [-0.15, -0.1) is 0 Å². The van der Waals surface area contributed by atoms with Crippen LogP contribution in [0, 0.1) is 17.1 Å². The molecule has 7 heteroatoms. The molecule has 0 fully saturated rings. The molecular formula is C24H22BrFN4O. The maximum absolute atomic E-state index is 14.9. The van der Waals surface area contributed by atoms with E-state index >= 15 is 0 Å². The second-order valence-corrected chi connectivity index (χ2v) is 8.81. The number of allylic oxidation sites excluding steroid dienone is 3. The highest BCUT2D eigenvalue weighted by Crippen LogP contribution is 2.46. The number of carbonyl (C=O) groups excluding carboxylic acids is 1. The van der Waals surface area contributed by atoms with Crippen LogP contribution in [-0.4, -0.2) is 19.9 Å².